The summed E-state index contributed by atoms with van der Waals surface area (Å²) in [5.41, 5.74) is 0.112. The zero-order valence-corrected chi connectivity index (χ0v) is 24.8. The lowest BCUT2D eigenvalue weighted by Crippen LogP contribution is -2.21. The van der Waals surface area contributed by atoms with E-state index < -0.39 is 48.3 Å². The van der Waals surface area contributed by atoms with Crippen molar-refractivity contribution in [1.29, 1.82) is 0 Å². The Kier molecular flexibility index (Phi) is 8.64. The summed E-state index contributed by atoms with van der Waals surface area (Å²) in [4.78, 5) is 55.7. The Labute approximate surface area is 242 Å². The van der Waals surface area contributed by atoms with Crippen LogP contribution in [0.2, 0.25) is 0 Å². The maximum absolute atomic E-state index is 13.3. The minimum Gasteiger partial charge on any atom is -0.459 e. The van der Waals surface area contributed by atoms with Crippen LogP contribution in [0.3, 0.4) is 0 Å². The van der Waals surface area contributed by atoms with Crippen molar-refractivity contribution in [1.82, 2.24) is 20.0 Å². The second-order valence-corrected chi connectivity index (χ2v) is 10.8. The molecule has 42 heavy (non-hydrogen) atoms. The van der Waals surface area contributed by atoms with Crippen molar-refractivity contribution in [3.05, 3.63) is 53.0 Å². The second kappa shape index (κ2) is 12.0. The first kappa shape index (κ1) is 30.2. The molecular weight excluding hydrogens is 544 g/mol. The number of hydrogen-bond acceptors (Lipinski definition) is 10. The number of benzene rings is 2. The van der Waals surface area contributed by atoms with Gasteiger partial charge in [0.2, 0.25) is 5.69 Å². The fraction of sp³-hybridized carbons (Fsp3) is 0.400. The summed E-state index contributed by atoms with van der Waals surface area (Å²) in [6, 6.07) is 8.67. The summed E-state index contributed by atoms with van der Waals surface area (Å²) in [5.74, 6) is -3.11. The van der Waals surface area contributed by atoms with Gasteiger partial charge in [-0.1, -0.05) is 29.5 Å². The number of aromatic nitrogens is 4. The molecule has 0 saturated heterocycles. The summed E-state index contributed by atoms with van der Waals surface area (Å²) >= 11 is 0. The first-order valence-corrected chi connectivity index (χ1v) is 13.7. The van der Waals surface area contributed by atoms with Crippen LogP contribution >= 0.6 is 0 Å². The first-order valence-electron chi connectivity index (χ1n) is 13.7. The molecule has 2 heterocycles. The van der Waals surface area contributed by atoms with Gasteiger partial charge in [0, 0.05) is 10.8 Å². The quantitative estimate of drug-likeness (QED) is 0.208. The van der Waals surface area contributed by atoms with E-state index in [1.165, 1.54) is 4.68 Å². The van der Waals surface area contributed by atoms with Gasteiger partial charge in [-0.05, 0) is 66.8 Å². The van der Waals surface area contributed by atoms with Crippen LogP contribution in [0.1, 0.15) is 97.2 Å². The molecule has 4 aromatic rings. The molecule has 0 atom stereocenters. The Morgan fingerprint density at radius 3 is 1.90 bits per heavy atom. The molecule has 0 aliphatic heterocycles. The van der Waals surface area contributed by atoms with Gasteiger partial charge >= 0.3 is 23.9 Å². The van der Waals surface area contributed by atoms with Crippen molar-refractivity contribution >= 4 is 45.6 Å². The SMILES string of the molecule is CC(C)OC(=O)c1nnn(-c2cccc3ccc4c(C(=O)OC(C)C)c(C(=O)OC(C)C)[nH]c4c23)c1C(=O)OC(C)C. The molecule has 1 N–H and O–H groups in total. The van der Waals surface area contributed by atoms with E-state index in [4.69, 9.17) is 18.9 Å². The third-order valence-corrected chi connectivity index (χ3v) is 5.86. The Bertz CT molecular complexity index is 1680. The van der Waals surface area contributed by atoms with Gasteiger partial charge in [-0.25, -0.2) is 23.9 Å². The highest BCUT2D eigenvalue weighted by molar-refractivity contribution is 6.20. The number of nitrogens with one attached hydrogen (secondary N) is 1. The van der Waals surface area contributed by atoms with Crippen LogP contribution in [-0.4, -0.2) is 68.3 Å². The Morgan fingerprint density at radius 1 is 0.714 bits per heavy atom. The van der Waals surface area contributed by atoms with Crippen LogP contribution in [0.5, 0.6) is 0 Å². The molecule has 2 aromatic carbocycles. The van der Waals surface area contributed by atoms with E-state index in [-0.39, 0.29) is 22.6 Å². The molecule has 0 aliphatic rings. The monoisotopic (exact) mass is 578 g/mol. The highest BCUT2D eigenvalue weighted by Gasteiger charge is 2.32. The first-order chi connectivity index (χ1) is 19.8. The van der Waals surface area contributed by atoms with Gasteiger partial charge in [-0.3, -0.25) is 0 Å². The normalized spacial score (nSPS) is 11.6. The smallest absolute Gasteiger partial charge is 0.361 e. The Hall–Kier alpha value is -4.74. The van der Waals surface area contributed by atoms with Crippen LogP contribution in [0.15, 0.2) is 30.3 Å². The highest BCUT2D eigenvalue weighted by Crippen LogP contribution is 2.35. The average Bonchev–Trinajstić information content (AvgIpc) is 3.49. The maximum atomic E-state index is 13.3. The minimum atomic E-state index is -0.838. The van der Waals surface area contributed by atoms with Crippen molar-refractivity contribution in [2.24, 2.45) is 0 Å². The fourth-order valence-corrected chi connectivity index (χ4v) is 4.42. The molecule has 0 amide bonds. The van der Waals surface area contributed by atoms with Gasteiger partial charge < -0.3 is 23.9 Å². The molecule has 4 rings (SSSR count). The molecule has 0 unspecified atom stereocenters. The van der Waals surface area contributed by atoms with E-state index in [9.17, 15) is 19.2 Å². The van der Waals surface area contributed by atoms with Gasteiger partial charge in [0.25, 0.3) is 0 Å². The Morgan fingerprint density at radius 2 is 1.29 bits per heavy atom. The largest absolute Gasteiger partial charge is 0.459 e. The van der Waals surface area contributed by atoms with E-state index in [1.807, 2.05) is 6.07 Å². The number of rotatable bonds is 9. The summed E-state index contributed by atoms with van der Waals surface area (Å²) in [7, 11) is 0. The fourth-order valence-electron chi connectivity index (χ4n) is 4.42. The van der Waals surface area contributed by atoms with Gasteiger partial charge in [0.15, 0.2) is 5.69 Å². The molecule has 12 nitrogen and oxygen atoms in total. The molecular formula is C30H34N4O8. The van der Waals surface area contributed by atoms with E-state index in [0.29, 0.717) is 27.4 Å². The van der Waals surface area contributed by atoms with Crippen LogP contribution < -0.4 is 0 Å². The summed E-state index contributed by atoms with van der Waals surface area (Å²) in [6.07, 6.45) is -1.86. The van der Waals surface area contributed by atoms with Crippen LogP contribution in [0, 0.1) is 0 Å². The molecule has 222 valence electrons. The van der Waals surface area contributed by atoms with Crippen LogP contribution in [0.4, 0.5) is 0 Å². The van der Waals surface area contributed by atoms with E-state index in [0.717, 1.165) is 0 Å². The number of nitrogens with zero attached hydrogens (tertiary/aromatic N) is 3. The van der Waals surface area contributed by atoms with Crippen molar-refractivity contribution in [2.75, 3.05) is 0 Å². The van der Waals surface area contributed by atoms with Crippen LogP contribution in [0.25, 0.3) is 27.4 Å². The number of hydrogen-bond donors (Lipinski definition) is 1. The van der Waals surface area contributed by atoms with Gasteiger partial charge in [-0.2, -0.15) is 0 Å². The zero-order valence-electron chi connectivity index (χ0n) is 24.8. The molecule has 0 radical (unpaired) electrons. The highest BCUT2D eigenvalue weighted by atomic mass is 16.6. The number of fused-ring (bicyclic) bond motifs is 3. The number of esters is 4. The molecule has 0 aliphatic carbocycles. The number of H-pyrrole nitrogens is 1. The standard InChI is InChI=1S/C30H34N4O8/c1-14(2)39-27(35)22-19-13-12-18-10-9-11-20(21(18)23(19)31-24(22)28(36)40-15(3)4)34-26(30(38)42-17(7)8)25(32-33-34)29(37)41-16(5)6/h9-17,31H,1-8H3. The Balaban J connectivity index is 2.05. The second-order valence-electron chi connectivity index (χ2n) is 10.8. The predicted octanol–water partition coefficient (Wildman–Crippen LogP) is 5.16. The third kappa shape index (κ3) is 5.97. The molecule has 0 spiro atoms. The molecule has 0 saturated carbocycles. The number of ether oxygens (including phenoxy) is 4. The van der Waals surface area contributed by atoms with E-state index >= 15 is 0 Å². The summed E-state index contributed by atoms with van der Waals surface area (Å²) in [5, 5.41) is 9.69. The molecule has 0 bridgehead atoms. The van der Waals surface area contributed by atoms with E-state index in [2.05, 4.69) is 15.3 Å². The third-order valence-electron chi connectivity index (χ3n) is 5.86. The van der Waals surface area contributed by atoms with Gasteiger partial charge in [0.1, 0.15) is 5.69 Å². The maximum Gasteiger partial charge on any atom is 0.361 e. The summed E-state index contributed by atoms with van der Waals surface area (Å²) < 4.78 is 22.8. The molecule has 12 heteroatoms. The van der Waals surface area contributed by atoms with Crippen LogP contribution in [-0.2, 0) is 18.9 Å². The number of carbonyl (C=O) groups is 4. The average molecular weight is 579 g/mol. The van der Waals surface area contributed by atoms with Crippen molar-refractivity contribution < 1.29 is 38.1 Å². The predicted molar refractivity (Wildman–Crippen MR) is 153 cm³/mol. The van der Waals surface area contributed by atoms with Crippen molar-refractivity contribution in [3.63, 3.8) is 0 Å². The minimum absolute atomic E-state index is 0.0142. The zero-order chi connectivity index (χ0) is 30.9. The topological polar surface area (TPSA) is 152 Å². The van der Waals surface area contributed by atoms with Crippen molar-refractivity contribution in [2.45, 2.75) is 79.8 Å². The molecule has 0 fully saturated rings. The summed E-state index contributed by atoms with van der Waals surface area (Å²) in [6.45, 7) is 13.5. The van der Waals surface area contributed by atoms with Gasteiger partial charge in [-0.15, -0.1) is 5.10 Å². The molecule has 2 aromatic heterocycles. The van der Waals surface area contributed by atoms with E-state index in [1.54, 1.807) is 79.7 Å². The van der Waals surface area contributed by atoms with Crippen molar-refractivity contribution in [3.8, 4) is 5.69 Å². The number of carbonyl (C=O) groups excluding carboxylic acids is 4. The number of aromatic amines is 1. The lowest BCUT2D eigenvalue weighted by molar-refractivity contribution is 0.0318. The lowest BCUT2D eigenvalue weighted by atomic mass is 10.0. The lowest BCUT2D eigenvalue weighted by Gasteiger charge is -2.13. The van der Waals surface area contributed by atoms with Gasteiger partial charge in [0.05, 0.1) is 41.2 Å².